The normalized spacial score (nSPS) is 14.0. The molecule has 37 heavy (non-hydrogen) atoms. The number of nitrogens with zero attached hydrogens (tertiary/aromatic N) is 1. The quantitative estimate of drug-likeness (QED) is 0.378. The van der Waals surface area contributed by atoms with Gasteiger partial charge in [0.05, 0.1) is 29.5 Å². The van der Waals surface area contributed by atoms with Gasteiger partial charge < -0.3 is 26.0 Å². The summed E-state index contributed by atoms with van der Waals surface area (Å²) in [5.74, 6) is -0.952. The summed E-state index contributed by atoms with van der Waals surface area (Å²) < 4.78 is 59.0. The van der Waals surface area contributed by atoms with Gasteiger partial charge in [0.2, 0.25) is 10.0 Å². The van der Waals surface area contributed by atoms with Crippen molar-refractivity contribution in [2.24, 2.45) is 0 Å². The van der Waals surface area contributed by atoms with Crippen molar-refractivity contribution in [1.29, 1.82) is 0 Å². The average molecular weight is 532 g/mol. The fraction of sp³-hybridized carbons (Fsp3) is 0.167. The van der Waals surface area contributed by atoms with Crippen molar-refractivity contribution < 1.29 is 31.5 Å². The zero-order valence-corrected chi connectivity index (χ0v) is 20.1. The molecule has 4 N–H and O–H groups in total. The van der Waals surface area contributed by atoms with Crippen molar-refractivity contribution in [3.63, 3.8) is 0 Å². The standard InChI is InChI=1S/C24H23F2N5O5S/c25-16-1-5-18(6-2-16)27-23(32)29-21-10-9-20(37(34,35)31-11-13-36-14-12-31)15-22(21)30-24(33)28-19-7-3-17(26)4-8-19/h1-10,15H,11-14H2,(H2,27,29,32)(H2,28,30,33). The third-order valence-electron chi connectivity index (χ3n) is 5.30. The molecule has 13 heteroatoms. The Hall–Kier alpha value is -4.07. The third-order valence-corrected chi connectivity index (χ3v) is 7.19. The predicted octanol–water partition coefficient (Wildman–Crippen LogP) is 4.27. The molecule has 1 aliphatic heterocycles. The number of amides is 4. The van der Waals surface area contributed by atoms with Gasteiger partial charge in [-0.15, -0.1) is 0 Å². The van der Waals surface area contributed by atoms with Crippen molar-refractivity contribution in [1.82, 2.24) is 4.31 Å². The number of hydrogen-bond donors (Lipinski definition) is 4. The minimum atomic E-state index is -3.91. The summed E-state index contributed by atoms with van der Waals surface area (Å²) in [7, 11) is -3.91. The number of nitrogens with one attached hydrogen (secondary N) is 4. The van der Waals surface area contributed by atoms with Crippen LogP contribution in [0.15, 0.2) is 71.6 Å². The molecule has 0 radical (unpaired) electrons. The Kier molecular flexibility index (Phi) is 7.96. The second-order valence-electron chi connectivity index (χ2n) is 7.90. The third kappa shape index (κ3) is 6.78. The van der Waals surface area contributed by atoms with Gasteiger partial charge in [0, 0.05) is 24.5 Å². The molecule has 0 bridgehead atoms. The molecule has 0 spiro atoms. The van der Waals surface area contributed by atoms with Gasteiger partial charge >= 0.3 is 12.1 Å². The molecule has 1 heterocycles. The van der Waals surface area contributed by atoms with Crippen molar-refractivity contribution in [3.8, 4) is 0 Å². The molecule has 0 unspecified atom stereocenters. The molecule has 0 aromatic heterocycles. The van der Waals surface area contributed by atoms with E-state index in [1.54, 1.807) is 0 Å². The number of hydrogen-bond acceptors (Lipinski definition) is 5. The van der Waals surface area contributed by atoms with Gasteiger partial charge in [-0.25, -0.2) is 26.8 Å². The van der Waals surface area contributed by atoms with E-state index in [-0.39, 0.29) is 42.6 Å². The van der Waals surface area contributed by atoms with E-state index in [4.69, 9.17) is 4.74 Å². The van der Waals surface area contributed by atoms with Gasteiger partial charge in [-0.3, -0.25) is 0 Å². The molecular weight excluding hydrogens is 508 g/mol. The number of benzene rings is 3. The second kappa shape index (κ2) is 11.3. The minimum absolute atomic E-state index is 0.0109. The van der Waals surface area contributed by atoms with Crippen LogP contribution in [-0.4, -0.2) is 51.1 Å². The number of halogens is 2. The summed E-state index contributed by atoms with van der Waals surface area (Å²) in [6.07, 6.45) is 0. The molecule has 10 nitrogen and oxygen atoms in total. The SMILES string of the molecule is O=C(Nc1ccc(F)cc1)Nc1ccc(S(=O)(=O)N2CCOCC2)cc1NC(=O)Nc1ccc(F)cc1. The van der Waals surface area contributed by atoms with Crippen LogP contribution in [0.25, 0.3) is 0 Å². The topological polar surface area (TPSA) is 129 Å². The minimum Gasteiger partial charge on any atom is -0.379 e. The molecule has 1 aliphatic rings. The average Bonchev–Trinajstić information content (AvgIpc) is 2.88. The van der Waals surface area contributed by atoms with Crippen LogP contribution < -0.4 is 21.3 Å². The highest BCUT2D eigenvalue weighted by molar-refractivity contribution is 7.89. The Morgan fingerprint density at radius 1 is 0.703 bits per heavy atom. The van der Waals surface area contributed by atoms with Crippen molar-refractivity contribution in [3.05, 3.63) is 78.4 Å². The summed E-state index contributed by atoms with van der Waals surface area (Å²) >= 11 is 0. The lowest BCUT2D eigenvalue weighted by molar-refractivity contribution is 0.0730. The lowest BCUT2D eigenvalue weighted by atomic mass is 10.2. The maximum atomic E-state index is 13.2. The Morgan fingerprint density at radius 3 is 1.70 bits per heavy atom. The summed E-state index contributed by atoms with van der Waals surface area (Å²) in [5.41, 5.74) is 0.687. The molecule has 4 amide bonds. The molecule has 0 saturated carbocycles. The van der Waals surface area contributed by atoms with Gasteiger partial charge in [0.1, 0.15) is 11.6 Å². The van der Waals surface area contributed by atoms with Gasteiger partial charge in [0.25, 0.3) is 0 Å². The summed E-state index contributed by atoms with van der Waals surface area (Å²) in [6.45, 7) is 0.869. The molecule has 4 rings (SSSR count). The van der Waals surface area contributed by atoms with Gasteiger partial charge in [-0.1, -0.05) is 0 Å². The zero-order valence-electron chi connectivity index (χ0n) is 19.3. The number of ether oxygens (including phenoxy) is 1. The van der Waals surface area contributed by atoms with Crippen molar-refractivity contribution in [2.75, 3.05) is 47.6 Å². The Labute approximate surface area is 211 Å². The van der Waals surface area contributed by atoms with Crippen LogP contribution in [0.3, 0.4) is 0 Å². The first kappa shape index (κ1) is 26.0. The maximum Gasteiger partial charge on any atom is 0.323 e. The number of rotatable bonds is 6. The molecule has 1 fully saturated rings. The van der Waals surface area contributed by atoms with Gasteiger partial charge in [-0.2, -0.15) is 4.31 Å². The monoisotopic (exact) mass is 531 g/mol. The van der Waals surface area contributed by atoms with Crippen LogP contribution >= 0.6 is 0 Å². The van der Waals surface area contributed by atoms with Crippen LogP contribution in [-0.2, 0) is 14.8 Å². The number of urea groups is 2. The van der Waals surface area contributed by atoms with Crippen LogP contribution in [0.5, 0.6) is 0 Å². The fourth-order valence-corrected chi connectivity index (χ4v) is 4.90. The first-order chi connectivity index (χ1) is 17.7. The van der Waals surface area contributed by atoms with Crippen LogP contribution in [0, 0.1) is 11.6 Å². The summed E-state index contributed by atoms with van der Waals surface area (Å²) in [6, 6.07) is 12.5. The van der Waals surface area contributed by atoms with E-state index in [1.165, 1.54) is 58.9 Å². The maximum absolute atomic E-state index is 13.2. The van der Waals surface area contributed by atoms with Gasteiger partial charge in [-0.05, 0) is 66.7 Å². The first-order valence-corrected chi connectivity index (χ1v) is 12.5. The highest BCUT2D eigenvalue weighted by atomic mass is 32.2. The van der Waals surface area contributed by atoms with Crippen molar-refractivity contribution in [2.45, 2.75) is 4.90 Å². The number of carbonyl (C=O) groups is 2. The lowest BCUT2D eigenvalue weighted by Gasteiger charge is -2.26. The zero-order chi connectivity index (χ0) is 26.4. The van der Waals surface area contributed by atoms with Crippen molar-refractivity contribution >= 4 is 44.8 Å². The van der Waals surface area contributed by atoms with E-state index in [9.17, 15) is 26.8 Å². The van der Waals surface area contributed by atoms with E-state index in [0.29, 0.717) is 11.4 Å². The number of morpholine rings is 1. The molecule has 0 atom stereocenters. The summed E-state index contributed by atoms with van der Waals surface area (Å²) in [5, 5.41) is 10.1. The largest absolute Gasteiger partial charge is 0.379 e. The fourth-order valence-electron chi connectivity index (χ4n) is 3.47. The van der Waals surface area contributed by atoms with E-state index in [2.05, 4.69) is 21.3 Å². The number of carbonyl (C=O) groups excluding carboxylic acids is 2. The molecule has 0 aliphatic carbocycles. The van der Waals surface area contributed by atoms with E-state index in [1.807, 2.05) is 0 Å². The smallest absolute Gasteiger partial charge is 0.323 e. The van der Waals surface area contributed by atoms with Crippen LogP contribution in [0.4, 0.5) is 41.1 Å². The highest BCUT2D eigenvalue weighted by Gasteiger charge is 2.27. The van der Waals surface area contributed by atoms with Gasteiger partial charge in [0.15, 0.2) is 0 Å². The summed E-state index contributed by atoms with van der Waals surface area (Å²) in [4.78, 5) is 25.1. The van der Waals surface area contributed by atoms with E-state index < -0.39 is 33.7 Å². The molecule has 194 valence electrons. The molecular formula is C24H23F2N5O5S. The molecule has 3 aromatic rings. The first-order valence-electron chi connectivity index (χ1n) is 11.1. The second-order valence-corrected chi connectivity index (χ2v) is 9.83. The molecule has 1 saturated heterocycles. The Balaban J connectivity index is 1.58. The number of anilines is 4. The van der Waals surface area contributed by atoms with Crippen LogP contribution in [0.1, 0.15) is 0 Å². The Bertz CT molecular complexity index is 1380. The lowest BCUT2D eigenvalue weighted by Crippen LogP contribution is -2.40. The molecule has 3 aromatic carbocycles. The Morgan fingerprint density at radius 2 is 1.19 bits per heavy atom. The van der Waals surface area contributed by atoms with E-state index in [0.717, 1.165) is 12.1 Å². The highest BCUT2D eigenvalue weighted by Crippen LogP contribution is 2.28. The number of sulfonamides is 1. The van der Waals surface area contributed by atoms with Crippen LogP contribution in [0.2, 0.25) is 0 Å². The predicted molar refractivity (Wildman–Crippen MR) is 134 cm³/mol. The van der Waals surface area contributed by atoms with E-state index >= 15 is 0 Å².